The fourth-order valence-electron chi connectivity index (χ4n) is 2.04. The molecule has 0 saturated carbocycles. The maximum absolute atomic E-state index is 4.58. The van der Waals surface area contributed by atoms with Gasteiger partial charge in [-0.25, -0.2) is 14.5 Å². The molecule has 0 aliphatic carbocycles. The second kappa shape index (κ2) is 3.61. The lowest BCUT2D eigenvalue weighted by atomic mass is 10.3. The number of hydrogen-bond acceptors (Lipinski definition) is 5. The largest absolute Gasteiger partial charge is 0.272 e. The molecule has 7 heteroatoms. The van der Waals surface area contributed by atoms with E-state index in [1.54, 1.807) is 22.2 Å². The fourth-order valence-corrected chi connectivity index (χ4v) is 2.77. The lowest BCUT2D eigenvalue weighted by molar-refractivity contribution is 0.741. The minimum absolute atomic E-state index is 0.629. The van der Waals surface area contributed by atoms with E-state index in [2.05, 4.69) is 20.2 Å². The van der Waals surface area contributed by atoms with Crippen LogP contribution in [0.15, 0.2) is 23.8 Å². The lowest BCUT2D eigenvalue weighted by Gasteiger charge is -1.90. The van der Waals surface area contributed by atoms with Gasteiger partial charge in [0.2, 0.25) is 5.82 Å². The quantitative estimate of drug-likeness (QED) is 0.531. The summed E-state index contributed by atoms with van der Waals surface area (Å²) >= 11 is 1.60. The first-order valence-corrected chi connectivity index (χ1v) is 6.70. The minimum Gasteiger partial charge on any atom is -0.272 e. The maximum Gasteiger partial charge on any atom is 0.202 e. The third-order valence-electron chi connectivity index (χ3n) is 3.14. The fraction of sp³-hybridized carbons (Fsp3) is 0.167. The van der Waals surface area contributed by atoms with Crippen molar-refractivity contribution < 1.29 is 0 Å². The molecule has 0 atom stereocenters. The molecule has 6 nitrogen and oxygen atoms in total. The standard InChI is InChI=1S/C12H10N6S/c1-7-5-9(15-17(7)2)10-14-11-8-3-4-19-12(8)13-6-18(11)16-10/h3-6H,1-2H3. The molecular weight excluding hydrogens is 260 g/mol. The van der Waals surface area contributed by atoms with Gasteiger partial charge in [0.25, 0.3) is 0 Å². The van der Waals surface area contributed by atoms with E-state index >= 15 is 0 Å². The summed E-state index contributed by atoms with van der Waals surface area (Å²) in [5, 5.41) is 11.9. The van der Waals surface area contributed by atoms with Crippen LogP contribution in [0.3, 0.4) is 0 Å². The van der Waals surface area contributed by atoms with Crippen molar-refractivity contribution in [2.75, 3.05) is 0 Å². The minimum atomic E-state index is 0.629. The van der Waals surface area contributed by atoms with Gasteiger partial charge < -0.3 is 0 Å². The lowest BCUT2D eigenvalue weighted by Crippen LogP contribution is -1.92. The van der Waals surface area contributed by atoms with Crippen molar-refractivity contribution >= 4 is 27.2 Å². The molecule has 4 rings (SSSR count). The Bertz CT molecular complexity index is 880. The molecule has 0 radical (unpaired) electrons. The van der Waals surface area contributed by atoms with Crippen LogP contribution >= 0.6 is 11.3 Å². The van der Waals surface area contributed by atoms with Crippen molar-refractivity contribution in [3.8, 4) is 11.5 Å². The molecule has 0 N–H and O–H groups in total. The van der Waals surface area contributed by atoms with E-state index in [-0.39, 0.29) is 0 Å². The monoisotopic (exact) mass is 270 g/mol. The maximum atomic E-state index is 4.58. The molecule has 0 fully saturated rings. The second-order valence-corrected chi connectivity index (χ2v) is 5.28. The van der Waals surface area contributed by atoms with Crippen LogP contribution in [0.25, 0.3) is 27.4 Å². The Morgan fingerprint density at radius 1 is 1.26 bits per heavy atom. The predicted molar refractivity (Wildman–Crippen MR) is 73.1 cm³/mol. The van der Waals surface area contributed by atoms with Gasteiger partial charge in [-0.05, 0) is 24.4 Å². The summed E-state index contributed by atoms with van der Waals surface area (Å²) in [6.45, 7) is 2.00. The molecular formula is C12H10N6S. The molecule has 0 aliphatic heterocycles. The molecule has 0 aliphatic rings. The summed E-state index contributed by atoms with van der Waals surface area (Å²) in [5.41, 5.74) is 2.68. The number of hydrogen-bond donors (Lipinski definition) is 0. The summed E-state index contributed by atoms with van der Waals surface area (Å²) in [7, 11) is 1.91. The first kappa shape index (κ1) is 10.6. The molecule has 94 valence electrons. The van der Waals surface area contributed by atoms with Crippen molar-refractivity contribution in [1.82, 2.24) is 29.4 Å². The van der Waals surface area contributed by atoms with Crippen LogP contribution in [0.2, 0.25) is 0 Å². The Hall–Kier alpha value is -2.28. The molecule has 4 aromatic rings. The highest BCUT2D eigenvalue weighted by Crippen LogP contribution is 2.23. The molecule has 19 heavy (non-hydrogen) atoms. The number of fused-ring (bicyclic) bond motifs is 3. The van der Waals surface area contributed by atoms with Crippen LogP contribution in [-0.4, -0.2) is 29.4 Å². The molecule has 0 amide bonds. The average Bonchev–Trinajstić information content (AvgIpc) is 3.07. The Morgan fingerprint density at radius 2 is 2.16 bits per heavy atom. The number of thiophene rings is 1. The number of aryl methyl sites for hydroxylation is 2. The average molecular weight is 270 g/mol. The SMILES string of the molecule is Cc1cc(-c2nc3c4ccsc4ncn3n2)nn1C. The molecule has 0 saturated heterocycles. The van der Waals surface area contributed by atoms with E-state index in [1.807, 2.05) is 36.2 Å². The molecule has 0 spiro atoms. The molecule has 0 bridgehead atoms. The Labute approximate surface area is 112 Å². The number of aromatic nitrogens is 6. The van der Waals surface area contributed by atoms with E-state index in [1.165, 1.54) is 0 Å². The number of nitrogens with zero attached hydrogens (tertiary/aromatic N) is 6. The van der Waals surface area contributed by atoms with Gasteiger partial charge in [-0.3, -0.25) is 4.68 Å². The first-order chi connectivity index (χ1) is 9.22. The van der Waals surface area contributed by atoms with Gasteiger partial charge >= 0.3 is 0 Å². The third-order valence-corrected chi connectivity index (χ3v) is 3.96. The Kier molecular flexibility index (Phi) is 2.02. The van der Waals surface area contributed by atoms with E-state index in [9.17, 15) is 0 Å². The van der Waals surface area contributed by atoms with E-state index in [0.717, 1.165) is 27.3 Å². The van der Waals surface area contributed by atoms with E-state index in [0.29, 0.717) is 5.82 Å². The van der Waals surface area contributed by atoms with Crippen molar-refractivity contribution in [2.45, 2.75) is 6.92 Å². The summed E-state index contributed by atoms with van der Waals surface area (Å²) in [6.07, 6.45) is 1.69. The predicted octanol–water partition coefficient (Wildman–Crippen LogP) is 2.05. The van der Waals surface area contributed by atoms with Gasteiger partial charge in [0.05, 0.1) is 5.39 Å². The highest BCUT2D eigenvalue weighted by molar-refractivity contribution is 7.16. The van der Waals surface area contributed by atoms with E-state index in [4.69, 9.17) is 0 Å². The van der Waals surface area contributed by atoms with Crippen molar-refractivity contribution in [2.24, 2.45) is 7.05 Å². The number of rotatable bonds is 1. The van der Waals surface area contributed by atoms with Gasteiger partial charge in [-0.15, -0.1) is 16.4 Å². The topological polar surface area (TPSA) is 60.9 Å². The first-order valence-electron chi connectivity index (χ1n) is 5.82. The van der Waals surface area contributed by atoms with Crippen LogP contribution in [-0.2, 0) is 7.05 Å². The van der Waals surface area contributed by atoms with Crippen LogP contribution in [0.4, 0.5) is 0 Å². The zero-order chi connectivity index (χ0) is 13.0. The summed E-state index contributed by atoms with van der Waals surface area (Å²) < 4.78 is 3.52. The molecule has 4 heterocycles. The summed E-state index contributed by atoms with van der Waals surface area (Å²) in [5.74, 6) is 0.629. The van der Waals surface area contributed by atoms with Gasteiger partial charge in [0.15, 0.2) is 5.65 Å². The van der Waals surface area contributed by atoms with E-state index < -0.39 is 0 Å². The van der Waals surface area contributed by atoms with Crippen LogP contribution in [0, 0.1) is 6.92 Å². The molecule has 4 aromatic heterocycles. The zero-order valence-corrected chi connectivity index (χ0v) is 11.2. The highest BCUT2D eigenvalue weighted by atomic mass is 32.1. The summed E-state index contributed by atoms with van der Waals surface area (Å²) in [6, 6.07) is 4.00. The van der Waals surface area contributed by atoms with Crippen LogP contribution in [0.1, 0.15) is 5.69 Å². The normalized spacial score (nSPS) is 11.7. The van der Waals surface area contributed by atoms with Crippen LogP contribution < -0.4 is 0 Å². The van der Waals surface area contributed by atoms with Crippen LogP contribution in [0.5, 0.6) is 0 Å². The van der Waals surface area contributed by atoms with Gasteiger partial charge in [-0.2, -0.15) is 5.10 Å². The Morgan fingerprint density at radius 3 is 2.95 bits per heavy atom. The smallest absolute Gasteiger partial charge is 0.202 e. The second-order valence-electron chi connectivity index (χ2n) is 4.38. The zero-order valence-electron chi connectivity index (χ0n) is 10.4. The summed E-state index contributed by atoms with van der Waals surface area (Å²) in [4.78, 5) is 9.91. The van der Waals surface area contributed by atoms with Gasteiger partial charge in [0, 0.05) is 12.7 Å². The van der Waals surface area contributed by atoms with Crippen molar-refractivity contribution in [1.29, 1.82) is 0 Å². The third kappa shape index (κ3) is 1.48. The van der Waals surface area contributed by atoms with Gasteiger partial charge in [0.1, 0.15) is 16.9 Å². The molecule has 0 aromatic carbocycles. The highest BCUT2D eigenvalue weighted by Gasteiger charge is 2.13. The van der Waals surface area contributed by atoms with Crippen molar-refractivity contribution in [3.63, 3.8) is 0 Å². The molecule has 0 unspecified atom stereocenters. The van der Waals surface area contributed by atoms with Crippen molar-refractivity contribution in [3.05, 3.63) is 29.5 Å². The van der Waals surface area contributed by atoms with Gasteiger partial charge in [-0.1, -0.05) is 0 Å². The Balaban J connectivity index is 2.00.